The van der Waals surface area contributed by atoms with E-state index in [2.05, 4.69) is 64.7 Å². The van der Waals surface area contributed by atoms with Gasteiger partial charge in [-0.1, -0.05) is 42.3 Å². The zero-order valence-electron chi connectivity index (χ0n) is 13.5. The minimum Gasteiger partial charge on any atom is -0.365 e. The Bertz CT molecular complexity index is 500. The highest BCUT2D eigenvalue weighted by Gasteiger charge is 2.36. The predicted octanol–water partition coefficient (Wildman–Crippen LogP) is 4.46. The molecule has 1 aromatic carbocycles. The van der Waals surface area contributed by atoms with Crippen LogP contribution in [0.5, 0.6) is 0 Å². The summed E-state index contributed by atoms with van der Waals surface area (Å²) in [5.74, 6) is 0.688. The molecular weight excluding hydrogens is 324 g/mol. The zero-order chi connectivity index (χ0) is 15.0. The van der Waals surface area contributed by atoms with Gasteiger partial charge in [-0.2, -0.15) is 0 Å². The van der Waals surface area contributed by atoms with Gasteiger partial charge >= 0.3 is 0 Å². The topological polar surface area (TPSA) is 6.48 Å². The van der Waals surface area contributed by atoms with Gasteiger partial charge in [0.2, 0.25) is 0 Å². The Labute approximate surface area is 137 Å². The van der Waals surface area contributed by atoms with Crippen LogP contribution < -0.4 is 4.90 Å². The molecule has 3 heteroatoms. The van der Waals surface area contributed by atoms with Gasteiger partial charge in [0, 0.05) is 35.3 Å². The van der Waals surface area contributed by atoms with E-state index in [9.17, 15) is 0 Å². The molecule has 0 bridgehead atoms. The number of piperidine rings is 1. The first kappa shape index (κ1) is 15.4. The van der Waals surface area contributed by atoms with E-state index in [0.717, 1.165) is 6.04 Å². The summed E-state index contributed by atoms with van der Waals surface area (Å²) in [5, 5.41) is 0. The van der Waals surface area contributed by atoms with Crippen molar-refractivity contribution in [2.24, 2.45) is 5.92 Å². The van der Waals surface area contributed by atoms with Crippen molar-refractivity contribution in [3.05, 3.63) is 28.2 Å². The minimum absolute atomic E-state index is 0.633. The first-order chi connectivity index (χ1) is 10.1. The molecule has 2 unspecified atom stereocenters. The van der Waals surface area contributed by atoms with Gasteiger partial charge in [-0.25, -0.2) is 0 Å². The van der Waals surface area contributed by atoms with Crippen LogP contribution >= 0.6 is 15.9 Å². The number of piperazine rings is 1. The third-order valence-corrected chi connectivity index (χ3v) is 6.09. The number of nitrogens with zero attached hydrogens (tertiary/aromatic N) is 2. The van der Waals surface area contributed by atoms with Crippen LogP contribution in [0.1, 0.15) is 38.7 Å². The van der Waals surface area contributed by atoms with Crippen LogP contribution in [0.3, 0.4) is 0 Å². The van der Waals surface area contributed by atoms with Gasteiger partial charge in [0.05, 0.1) is 0 Å². The van der Waals surface area contributed by atoms with E-state index in [0.29, 0.717) is 12.0 Å². The van der Waals surface area contributed by atoms with Crippen LogP contribution in [0.15, 0.2) is 22.7 Å². The molecule has 0 radical (unpaired) electrons. The fourth-order valence-corrected chi connectivity index (χ4v) is 4.20. The second-order valence-electron chi connectivity index (χ2n) is 7.04. The standard InChI is InChI=1S/C18H27BrN2/c1-13(2)18-12-20-9-5-4-6-16(20)11-21(18)15-8-7-14(3)17(19)10-15/h7-8,10,13,16,18H,4-6,9,11-12H2,1-3H3. The second kappa shape index (κ2) is 6.29. The number of rotatable bonds is 2. The van der Waals surface area contributed by atoms with Crippen molar-refractivity contribution in [3.8, 4) is 0 Å². The summed E-state index contributed by atoms with van der Waals surface area (Å²) >= 11 is 3.70. The van der Waals surface area contributed by atoms with Crippen molar-refractivity contribution in [1.82, 2.24) is 4.90 Å². The number of anilines is 1. The SMILES string of the molecule is Cc1ccc(N2CC3CCCCN3CC2C(C)C)cc1Br. The Morgan fingerprint density at radius 1 is 1.19 bits per heavy atom. The Kier molecular flexibility index (Phi) is 4.60. The van der Waals surface area contributed by atoms with Gasteiger partial charge in [-0.15, -0.1) is 0 Å². The highest BCUT2D eigenvalue weighted by atomic mass is 79.9. The number of aryl methyl sites for hydroxylation is 1. The number of halogens is 1. The lowest BCUT2D eigenvalue weighted by Crippen LogP contribution is -2.61. The molecule has 0 N–H and O–H groups in total. The van der Waals surface area contributed by atoms with Crippen LogP contribution in [0.4, 0.5) is 5.69 Å². The van der Waals surface area contributed by atoms with E-state index in [1.165, 1.54) is 54.6 Å². The van der Waals surface area contributed by atoms with Gasteiger partial charge in [-0.3, -0.25) is 4.90 Å². The molecule has 2 atom stereocenters. The summed E-state index contributed by atoms with van der Waals surface area (Å²) in [4.78, 5) is 5.41. The summed E-state index contributed by atoms with van der Waals surface area (Å²) in [6, 6.07) is 8.24. The zero-order valence-corrected chi connectivity index (χ0v) is 15.1. The quantitative estimate of drug-likeness (QED) is 0.776. The smallest absolute Gasteiger partial charge is 0.0440 e. The van der Waals surface area contributed by atoms with E-state index < -0.39 is 0 Å². The van der Waals surface area contributed by atoms with Gasteiger partial charge in [0.1, 0.15) is 0 Å². The highest BCUT2D eigenvalue weighted by molar-refractivity contribution is 9.10. The molecule has 2 fully saturated rings. The molecule has 2 nitrogen and oxygen atoms in total. The highest BCUT2D eigenvalue weighted by Crippen LogP contribution is 2.32. The third kappa shape index (κ3) is 3.14. The molecule has 0 aromatic heterocycles. The lowest BCUT2D eigenvalue weighted by atomic mass is 9.91. The van der Waals surface area contributed by atoms with Gasteiger partial charge in [0.15, 0.2) is 0 Å². The number of hydrogen-bond donors (Lipinski definition) is 0. The maximum absolute atomic E-state index is 3.70. The van der Waals surface area contributed by atoms with E-state index in [-0.39, 0.29) is 0 Å². The first-order valence-corrected chi connectivity index (χ1v) is 9.12. The molecule has 1 aromatic rings. The average Bonchev–Trinajstić information content (AvgIpc) is 2.48. The number of fused-ring (bicyclic) bond motifs is 1. The lowest BCUT2D eigenvalue weighted by Gasteiger charge is -2.50. The van der Waals surface area contributed by atoms with Gasteiger partial charge in [-0.05, 0) is 49.9 Å². The van der Waals surface area contributed by atoms with Crippen molar-refractivity contribution in [1.29, 1.82) is 0 Å². The molecule has 0 aliphatic carbocycles. The molecule has 2 heterocycles. The largest absolute Gasteiger partial charge is 0.365 e. The molecule has 2 aliphatic rings. The van der Waals surface area contributed by atoms with Crippen molar-refractivity contribution < 1.29 is 0 Å². The molecule has 2 saturated heterocycles. The molecule has 3 rings (SSSR count). The summed E-state index contributed by atoms with van der Waals surface area (Å²) in [7, 11) is 0. The molecule has 21 heavy (non-hydrogen) atoms. The fourth-order valence-electron chi connectivity index (χ4n) is 3.84. The summed E-state index contributed by atoms with van der Waals surface area (Å²) in [6.07, 6.45) is 4.16. The number of benzene rings is 1. The maximum Gasteiger partial charge on any atom is 0.0440 e. The number of hydrogen-bond acceptors (Lipinski definition) is 2. The van der Waals surface area contributed by atoms with Crippen LogP contribution in [-0.4, -0.2) is 36.6 Å². The lowest BCUT2D eigenvalue weighted by molar-refractivity contribution is 0.100. The van der Waals surface area contributed by atoms with Gasteiger partial charge in [0.25, 0.3) is 0 Å². The molecule has 0 amide bonds. The van der Waals surface area contributed by atoms with E-state index >= 15 is 0 Å². The molecule has 2 aliphatic heterocycles. The second-order valence-corrected chi connectivity index (χ2v) is 7.90. The Morgan fingerprint density at radius 2 is 2.00 bits per heavy atom. The van der Waals surface area contributed by atoms with Crippen molar-refractivity contribution in [2.75, 3.05) is 24.5 Å². The van der Waals surface area contributed by atoms with Crippen molar-refractivity contribution in [3.63, 3.8) is 0 Å². The minimum atomic E-state index is 0.633. The molecular formula is C18H27BrN2. The predicted molar refractivity (Wildman–Crippen MR) is 94.1 cm³/mol. The maximum atomic E-state index is 3.70. The van der Waals surface area contributed by atoms with E-state index in [1.54, 1.807) is 0 Å². The summed E-state index contributed by atoms with van der Waals surface area (Å²) < 4.78 is 1.23. The molecule has 116 valence electrons. The van der Waals surface area contributed by atoms with Crippen LogP contribution in [0.2, 0.25) is 0 Å². The van der Waals surface area contributed by atoms with Crippen molar-refractivity contribution in [2.45, 2.75) is 52.1 Å². The van der Waals surface area contributed by atoms with Crippen LogP contribution in [0, 0.1) is 12.8 Å². The molecule has 0 saturated carbocycles. The van der Waals surface area contributed by atoms with E-state index in [4.69, 9.17) is 0 Å². The van der Waals surface area contributed by atoms with Crippen LogP contribution in [-0.2, 0) is 0 Å². The normalized spacial score (nSPS) is 27.0. The Hall–Kier alpha value is -0.540. The Balaban J connectivity index is 1.88. The fraction of sp³-hybridized carbons (Fsp3) is 0.667. The van der Waals surface area contributed by atoms with E-state index in [1.807, 2.05) is 0 Å². The van der Waals surface area contributed by atoms with Crippen molar-refractivity contribution >= 4 is 21.6 Å². The third-order valence-electron chi connectivity index (χ3n) is 5.24. The Morgan fingerprint density at radius 3 is 2.71 bits per heavy atom. The monoisotopic (exact) mass is 350 g/mol. The average molecular weight is 351 g/mol. The molecule has 0 spiro atoms. The van der Waals surface area contributed by atoms with Crippen LogP contribution in [0.25, 0.3) is 0 Å². The summed E-state index contributed by atoms with van der Waals surface area (Å²) in [6.45, 7) is 10.6. The first-order valence-electron chi connectivity index (χ1n) is 8.33. The summed E-state index contributed by atoms with van der Waals surface area (Å²) in [5.41, 5.74) is 2.70. The van der Waals surface area contributed by atoms with Gasteiger partial charge < -0.3 is 4.90 Å².